The summed E-state index contributed by atoms with van der Waals surface area (Å²) < 4.78 is 6.74. The van der Waals surface area contributed by atoms with Gasteiger partial charge in [-0.1, -0.05) is 59.1 Å². The number of aldehydes is 1. The van der Waals surface area contributed by atoms with Gasteiger partial charge < -0.3 is 14.3 Å². The van der Waals surface area contributed by atoms with Gasteiger partial charge in [-0.3, -0.25) is 4.84 Å². The summed E-state index contributed by atoms with van der Waals surface area (Å²) in [5.74, 6) is -0.559. The van der Waals surface area contributed by atoms with Crippen molar-refractivity contribution in [2.75, 3.05) is 0 Å². The van der Waals surface area contributed by atoms with Crippen LogP contribution in [0.5, 0.6) is 0 Å². The Bertz CT molecular complexity index is 696. The van der Waals surface area contributed by atoms with E-state index in [9.17, 15) is 9.90 Å². The minimum absolute atomic E-state index is 0.0263. The Morgan fingerprint density at radius 1 is 1.09 bits per heavy atom. The van der Waals surface area contributed by atoms with Crippen molar-refractivity contribution in [1.29, 1.82) is 0 Å². The van der Waals surface area contributed by atoms with Crippen LogP contribution in [0.25, 0.3) is 0 Å². The number of aliphatic hydroxyl groups is 1. The van der Waals surface area contributed by atoms with E-state index in [0.717, 1.165) is 32.0 Å². The third-order valence-corrected chi connectivity index (χ3v) is 13.3. The summed E-state index contributed by atoms with van der Waals surface area (Å²) in [4.78, 5) is 18.8. The Kier molecular flexibility index (Phi) is 10.4. The lowest BCUT2D eigenvalue weighted by molar-refractivity contribution is -0.297. The molecule has 1 unspecified atom stereocenters. The highest BCUT2D eigenvalue weighted by atomic mass is 28.4. The first-order valence-electron chi connectivity index (χ1n) is 14.0. The van der Waals surface area contributed by atoms with Gasteiger partial charge in [0.05, 0.1) is 18.3 Å². The lowest BCUT2D eigenvalue weighted by atomic mass is 9.82. The van der Waals surface area contributed by atoms with Crippen LogP contribution in [0.15, 0.2) is 12.2 Å². The molecule has 0 aromatic rings. The molecule has 5 nitrogen and oxygen atoms in total. The number of unbranched alkanes of at least 4 members (excludes halogenated alkanes) is 2. The highest BCUT2D eigenvalue weighted by Gasteiger charge is 2.47. The quantitative estimate of drug-likeness (QED) is 0.140. The van der Waals surface area contributed by atoms with E-state index in [0.29, 0.717) is 6.42 Å². The predicted molar refractivity (Wildman–Crippen MR) is 148 cm³/mol. The zero-order chi connectivity index (χ0) is 26.7. The summed E-state index contributed by atoms with van der Waals surface area (Å²) in [6.45, 7) is 22.5. The van der Waals surface area contributed by atoms with Crippen LogP contribution in [0.3, 0.4) is 0 Å². The molecule has 2 rings (SSSR count). The van der Waals surface area contributed by atoms with Gasteiger partial charge >= 0.3 is 0 Å². The number of carbonyl (C=O) groups is 1. The molecule has 0 spiro atoms. The standard InChI is InChI=1S/C29H55NO4Si/c1-11-12-13-15-22(33-30-28(5,6)18-14-19-29(30,7)8)16-17-23-24(21-31)25(32)20-26(23)34-35(9,10)27(2,3)4/h16-17,21-26,32H,11-15,18-20H2,1-10H3/b17-16+/t22?,23-,24+,25+,26-/m1/s1. The number of hydrogen-bond acceptors (Lipinski definition) is 5. The summed E-state index contributed by atoms with van der Waals surface area (Å²) in [6, 6.07) is 0. The van der Waals surface area contributed by atoms with Crippen LogP contribution in [-0.4, -0.2) is 54.2 Å². The Balaban J connectivity index is 2.29. The molecule has 0 bridgehead atoms. The maximum Gasteiger partial charge on any atom is 0.192 e. The molecule has 1 aliphatic heterocycles. The smallest absolute Gasteiger partial charge is 0.192 e. The number of aliphatic hydroxyl groups excluding tert-OH is 1. The van der Waals surface area contributed by atoms with Crippen LogP contribution < -0.4 is 0 Å². The molecular formula is C29H55NO4Si. The topological polar surface area (TPSA) is 59.0 Å². The van der Waals surface area contributed by atoms with Gasteiger partial charge in [-0.15, -0.1) is 0 Å². The highest BCUT2D eigenvalue weighted by Crippen LogP contribution is 2.43. The van der Waals surface area contributed by atoms with Crippen molar-refractivity contribution in [1.82, 2.24) is 5.06 Å². The lowest BCUT2D eigenvalue weighted by Crippen LogP contribution is -2.59. The first-order chi connectivity index (χ1) is 16.1. The molecule has 2 fully saturated rings. The van der Waals surface area contributed by atoms with Gasteiger partial charge in [-0.25, -0.2) is 0 Å². The average Bonchev–Trinajstić information content (AvgIpc) is 3.00. The first kappa shape index (κ1) is 30.7. The molecule has 204 valence electrons. The molecular weight excluding hydrogens is 454 g/mol. The zero-order valence-electron chi connectivity index (χ0n) is 24.4. The van der Waals surface area contributed by atoms with Gasteiger partial charge in [0.2, 0.25) is 0 Å². The van der Waals surface area contributed by atoms with Crippen molar-refractivity contribution < 1.29 is 19.2 Å². The average molecular weight is 510 g/mol. The van der Waals surface area contributed by atoms with E-state index in [4.69, 9.17) is 9.26 Å². The molecule has 2 aliphatic rings. The first-order valence-corrected chi connectivity index (χ1v) is 16.9. The van der Waals surface area contributed by atoms with Crippen LogP contribution in [0.2, 0.25) is 18.1 Å². The van der Waals surface area contributed by atoms with Gasteiger partial charge in [-0.05, 0) is 77.9 Å². The lowest BCUT2D eigenvalue weighted by Gasteiger charge is -2.52. The van der Waals surface area contributed by atoms with Crippen LogP contribution in [0.4, 0.5) is 0 Å². The number of piperidine rings is 1. The molecule has 0 radical (unpaired) electrons. The van der Waals surface area contributed by atoms with Crippen molar-refractivity contribution in [3.8, 4) is 0 Å². The molecule has 1 aliphatic carbocycles. The molecule has 1 saturated heterocycles. The summed E-state index contributed by atoms with van der Waals surface area (Å²) in [6.07, 6.45) is 12.7. The summed E-state index contributed by atoms with van der Waals surface area (Å²) in [7, 11) is -2.04. The summed E-state index contributed by atoms with van der Waals surface area (Å²) in [5.41, 5.74) is -0.0527. The van der Waals surface area contributed by atoms with Gasteiger partial charge in [0, 0.05) is 22.9 Å². The molecule has 1 saturated carbocycles. The number of hydroxylamine groups is 2. The van der Waals surface area contributed by atoms with Gasteiger partial charge in [0.25, 0.3) is 0 Å². The van der Waals surface area contributed by atoms with Crippen molar-refractivity contribution in [3.05, 3.63) is 12.2 Å². The number of nitrogens with zero attached hydrogens (tertiary/aromatic N) is 1. The highest BCUT2D eigenvalue weighted by molar-refractivity contribution is 6.74. The van der Waals surface area contributed by atoms with E-state index >= 15 is 0 Å². The van der Waals surface area contributed by atoms with E-state index in [2.05, 4.69) is 85.7 Å². The van der Waals surface area contributed by atoms with Crippen LogP contribution >= 0.6 is 0 Å². The van der Waals surface area contributed by atoms with E-state index in [1.165, 1.54) is 19.3 Å². The van der Waals surface area contributed by atoms with E-state index in [1.54, 1.807) is 0 Å². The van der Waals surface area contributed by atoms with E-state index < -0.39 is 20.3 Å². The second kappa shape index (κ2) is 11.9. The van der Waals surface area contributed by atoms with Crippen LogP contribution in [0, 0.1) is 11.8 Å². The number of rotatable bonds is 11. The van der Waals surface area contributed by atoms with Gasteiger partial charge in [0.1, 0.15) is 6.29 Å². The minimum Gasteiger partial charge on any atom is -0.413 e. The Morgan fingerprint density at radius 2 is 1.69 bits per heavy atom. The second-order valence-electron chi connectivity index (χ2n) is 13.8. The molecule has 0 aromatic heterocycles. The Morgan fingerprint density at radius 3 is 2.20 bits per heavy atom. The monoisotopic (exact) mass is 509 g/mol. The van der Waals surface area contributed by atoms with Crippen molar-refractivity contribution in [2.45, 2.75) is 154 Å². The molecule has 35 heavy (non-hydrogen) atoms. The maximum absolute atomic E-state index is 12.0. The molecule has 6 heteroatoms. The molecule has 0 aromatic carbocycles. The fraction of sp³-hybridized carbons (Fsp3) is 0.897. The van der Waals surface area contributed by atoms with Crippen molar-refractivity contribution in [3.63, 3.8) is 0 Å². The SMILES string of the molecule is CCCCCC(/C=C/[C@@H]1[C@H](C=O)[C@@H](O)C[C@H]1O[Si](C)(C)C(C)(C)C)ON1C(C)(C)CCCC1(C)C. The van der Waals surface area contributed by atoms with Gasteiger partial charge in [0.15, 0.2) is 8.32 Å². The third-order valence-electron chi connectivity index (χ3n) is 8.76. The summed E-state index contributed by atoms with van der Waals surface area (Å²) in [5, 5.41) is 13.0. The number of carbonyl (C=O) groups excluding carboxylic acids is 1. The summed E-state index contributed by atoms with van der Waals surface area (Å²) >= 11 is 0. The van der Waals surface area contributed by atoms with Crippen molar-refractivity contribution >= 4 is 14.6 Å². The van der Waals surface area contributed by atoms with Gasteiger partial charge in [-0.2, -0.15) is 5.06 Å². The van der Waals surface area contributed by atoms with E-state index in [-0.39, 0.29) is 34.2 Å². The van der Waals surface area contributed by atoms with Crippen LogP contribution in [0.1, 0.15) is 107 Å². The zero-order valence-corrected chi connectivity index (χ0v) is 25.4. The number of hydrogen-bond donors (Lipinski definition) is 1. The third kappa shape index (κ3) is 7.73. The van der Waals surface area contributed by atoms with Crippen LogP contribution in [-0.2, 0) is 14.1 Å². The van der Waals surface area contributed by atoms with E-state index in [1.807, 2.05) is 0 Å². The molecule has 5 atom stereocenters. The fourth-order valence-electron chi connectivity index (χ4n) is 5.60. The molecule has 1 heterocycles. The Hall–Kier alpha value is -0.533. The fourth-order valence-corrected chi connectivity index (χ4v) is 6.96. The predicted octanol–water partition coefficient (Wildman–Crippen LogP) is 7.05. The second-order valence-corrected chi connectivity index (χ2v) is 18.6. The maximum atomic E-state index is 12.0. The largest absolute Gasteiger partial charge is 0.413 e. The normalized spacial score (nSPS) is 30.6. The molecule has 1 N–H and O–H groups in total. The van der Waals surface area contributed by atoms with Crippen molar-refractivity contribution in [2.24, 2.45) is 11.8 Å². The molecule has 0 amide bonds. The Labute approximate surface area is 217 Å². The minimum atomic E-state index is -2.04.